The molecule has 0 amide bonds. The summed E-state index contributed by atoms with van der Waals surface area (Å²) in [6, 6.07) is 26.5. The molecule has 3 rings (SSSR count). The summed E-state index contributed by atoms with van der Waals surface area (Å²) in [5.41, 5.74) is 8.31. The third kappa shape index (κ3) is 3.28. The van der Waals surface area contributed by atoms with Crippen LogP contribution in [-0.2, 0) is 0 Å². The second kappa shape index (κ2) is 7.05. The lowest BCUT2D eigenvalue weighted by atomic mass is 9.86. The Balaban J connectivity index is 1.86. The molecule has 0 spiro atoms. The number of benzene rings is 3. The van der Waals surface area contributed by atoms with Gasteiger partial charge in [-0.15, -0.1) is 0 Å². The standard InChI is InChI=1S/C24H26/c1-17-9-5-7-11-23(17)19(3)21-13-15-22(16-14-21)20(4)24-12-8-6-10-18(24)2/h5-16,19-20H,1-4H3. The Labute approximate surface area is 146 Å². The molecular formula is C24H26. The Hall–Kier alpha value is -2.34. The molecular weight excluding hydrogens is 288 g/mol. The molecule has 0 aromatic heterocycles. The molecule has 2 atom stereocenters. The number of aryl methyl sites for hydroxylation is 2. The lowest BCUT2D eigenvalue weighted by molar-refractivity contribution is 0.887. The molecule has 0 saturated heterocycles. The van der Waals surface area contributed by atoms with Crippen molar-refractivity contribution >= 4 is 0 Å². The van der Waals surface area contributed by atoms with Crippen LogP contribution in [-0.4, -0.2) is 0 Å². The first-order chi connectivity index (χ1) is 11.6. The molecule has 0 N–H and O–H groups in total. The number of hydrogen-bond acceptors (Lipinski definition) is 0. The van der Waals surface area contributed by atoms with Crippen LogP contribution in [0.4, 0.5) is 0 Å². The van der Waals surface area contributed by atoms with E-state index in [0.29, 0.717) is 11.8 Å². The summed E-state index contributed by atoms with van der Waals surface area (Å²) in [6.07, 6.45) is 0. The zero-order valence-electron chi connectivity index (χ0n) is 15.1. The van der Waals surface area contributed by atoms with Crippen LogP contribution in [0.25, 0.3) is 0 Å². The molecule has 0 fully saturated rings. The molecule has 122 valence electrons. The molecule has 24 heavy (non-hydrogen) atoms. The number of hydrogen-bond donors (Lipinski definition) is 0. The molecule has 0 saturated carbocycles. The Morgan fingerprint density at radius 2 is 0.833 bits per heavy atom. The van der Waals surface area contributed by atoms with E-state index in [1.807, 2.05) is 0 Å². The Morgan fingerprint density at radius 1 is 0.500 bits per heavy atom. The maximum absolute atomic E-state index is 2.29. The van der Waals surface area contributed by atoms with E-state index in [1.165, 1.54) is 33.4 Å². The van der Waals surface area contributed by atoms with Gasteiger partial charge >= 0.3 is 0 Å². The van der Waals surface area contributed by atoms with Crippen molar-refractivity contribution < 1.29 is 0 Å². The lowest BCUT2D eigenvalue weighted by Gasteiger charge is -2.18. The molecule has 2 unspecified atom stereocenters. The van der Waals surface area contributed by atoms with Crippen molar-refractivity contribution in [1.82, 2.24) is 0 Å². The summed E-state index contributed by atoms with van der Waals surface area (Å²) < 4.78 is 0. The highest BCUT2D eigenvalue weighted by Gasteiger charge is 2.13. The van der Waals surface area contributed by atoms with Crippen molar-refractivity contribution in [2.24, 2.45) is 0 Å². The van der Waals surface area contributed by atoms with E-state index in [9.17, 15) is 0 Å². The highest BCUT2D eigenvalue weighted by atomic mass is 14.2. The Kier molecular flexibility index (Phi) is 4.85. The minimum atomic E-state index is 0.425. The number of rotatable bonds is 4. The average molecular weight is 314 g/mol. The normalized spacial score (nSPS) is 13.5. The van der Waals surface area contributed by atoms with E-state index in [1.54, 1.807) is 0 Å². The van der Waals surface area contributed by atoms with Crippen molar-refractivity contribution in [3.05, 3.63) is 106 Å². The second-order valence-corrected chi connectivity index (χ2v) is 6.82. The fraction of sp³-hybridized carbons (Fsp3) is 0.250. The first-order valence-electron chi connectivity index (χ1n) is 8.79. The summed E-state index contributed by atoms with van der Waals surface area (Å²) in [5.74, 6) is 0.850. The van der Waals surface area contributed by atoms with Crippen molar-refractivity contribution in [3.8, 4) is 0 Å². The van der Waals surface area contributed by atoms with Gasteiger partial charge < -0.3 is 0 Å². The summed E-state index contributed by atoms with van der Waals surface area (Å²) in [7, 11) is 0. The molecule has 3 aromatic rings. The van der Waals surface area contributed by atoms with E-state index in [-0.39, 0.29) is 0 Å². The monoisotopic (exact) mass is 314 g/mol. The molecule has 0 aliphatic heterocycles. The van der Waals surface area contributed by atoms with Crippen LogP contribution in [0.3, 0.4) is 0 Å². The van der Waals surface area contributed by atoms with Crippen LogP contribution in [0.15, 0.2) is 72.8 Å². The van der Waals surface area contributed by atoms with Crippen molar-refractivity contribution in [2.75, 3.05) is 0 Å². The van der Waals surface area contributed by atoms with E-state index in [4.69, 9.17) is 0 Å². The summed E-state index contributed by atoms with van der Waals surface area (Å²) in [6.45, 7) is 8.98. The largest absolute Gasteiger partial charge is 0.0620 e. The van der Waals surface area contributed by atoms with Gasteiger partial charge in [0.25, 0.3) is 0 Å². The molecule has 3 aromatic carbocycles. The van der Waals surface area contributed by atoms with Gasteiger partial charge in [-0.25, -0.2) is 0 Å². The van der Waals surface area contributed by atoms with E-state index in [2.05, 4.69) is 100 Å². The SMILES string of the molecule is Cc1ccccc1C(C)c1ccc(C(C)c2ccccc2C)cc1. The lowest BCUT2D eigenvalue weighted by Crippen LogP contribution is -2.01. The third-order valence-corrected chi connectivity index (χ3v) is 5.25. The quantitative estimate of drug-likeness (QED) is 0.508. The van der Waals surface area contributed by atoms with Gasteiger partial charge in [-0.3, -0.25) is 0 Å². The van der Waals surface area contributed by atoms with Crippen LogP contribution < -0.4 is 0 Å². The summed E-state index contributed by atoms with van der Waals surface area (Å²) >= 11 is 0. The van der Waals surface area contributed by atoms with Crippen LogP contribution in [0.1, 0.15) is 59.1 Å². The van der Waals surface area contributed by atoms with Gasteiger partial charge in [0.1, 0.15) is 0 Å². The molecule has 0 radical (unpaired) electrons. The van der Waals surface area contributed by atoms with Crippen LogP contribution in [0.5, 0.6) is 0 Å². The first-order valence-corrected chi connectivity index (χ1v) is 8.79. The van der Waals surface area contributed by atoms with Gasteiger partial charge in [0, 0.05) is 11.8 Å². The highest BCUT2D eigenvalue weighted by Crippen LogP contribution is 2.30. The van der Waals surface area contributed by atoms with Gasteiger partial charge in [0.15, 0.2) is 0 Å². The zero-order valence-corrected chi connectivity index (χ0v) is 15.1. The Morgan fingerprint density at radius 3 is 1.17 bits per heavy atom. The third-order valence-electron chi connectivity index (χ3n) is 5.25. The van der Waals surface area contributed by atoms with E-state index in [0.717, 1.165) is 0 Å². The maximum Gasteiger partial charge on any atom is 0.00636 e. The fourth-order valence-electron chi connectivity index (χ4n) is 3.58. The molecule has 0 heterocycles. The first kappa shape index (κ1) is 16.5. The summed E-state index contributed by atoms with van der Waals surface area (Å²) in [5, 5.41) is 0. The highest BCUT2D eigenvalue weighted by molar-refractivity contribution is 5.41. The van der Waals surface area contributed by atoms with Gasteiger partial charge in [0.2, 0.25) is 0 Å². The maximum atomic E-state index is 2.29. The van der Waals surface area contributed by atoms with Crippen LogP contribution in [0.2, 0.25) is 0 Å². The van der Waals surface area contributed by atoms with Gasteiger partial charge in [-0.2, -0.15) is 0 Å². The van der Waals surface area contributed by atoms with Crippen molar-refractivity contribution in [2.45, 2.75) is 39.5 Å². The fourth-order valence-corrected chi connectivity index (χ4v) is 3.58. The van der Waals surface area contributed by atoms with Gasteiger partial charge in [0.05, 0.1) is 0 Å². The van der Waals surface area contributed by atoms with Gasteiger partial charge in [-0.1, -0.05) is 86.6 Å². The molecule has 0 bridgehead atoms. The molecule has 0 aliphatic carbocycles. The van der Waals surface area contributed by atoms with Crippen LogP contribution >= 0.6 is 0 Å². The molecule has 0 nitrogen and oxygen atoms in total. The second-order valence-electron chi connectivity index (χ2n) is 6.82. The minimum Gasteiger partial charge on any atom is -0.0620 e. The predicted molar refractivity (Wildman–Crippen MR) is 104 cm³/mol. The predicted octanol–water partition coefficient (Wildman–Crippen LogP) is 6.61. The molecule has 0 heteroatoms. The average Bonchev–Trinajstić information content (AvgIpc) is 2.61. The molecule has 0 aliphatic rings. The Bertz CT molecular complexity index is 741. The smallest absolute Gasteiger partial charge is 0.00636 e. The zero-order chi connectivity index (χ0) is 17.1. The van der Waals surface area contributed by atoms with Crippen molar-refractivity contribution in [1.29, 1.82) is 0 Å². The van der Waals surface area contributed by atoms with Gasteiger partial charge in [-0.05, 0) is 47.2 Å². The van der Waals surface area contributed by atoms with E-state index >= 15 is 0 Å². The topological polar surface area (TPSA) is 0 Å². The minimum absolute atomic E-state index is 0.425. The van der Waals surface area contributed by atoms with Crippen LogP contribution in [0, 0.1) is 13.8 Å². The summed E-state index contributed by atoms with van der Waals surface area (Å²) in [4.78, 5) is 0. The van der Waals surface area contributed by atoms with E-state index < -0.39 is 0 Å². The van der Waals surface area contributed by atoms with Crippen molar-refractivity contribution in [3.63, 3.8) is 0 Å².